The highest BCUT2D eigenvalue weighted by atomic mass is 79.9. The van der Waals surface area contributed by atoms with Gasteiger partial charge in [-0.1, -0.05) is 29.8 Å². The maximum absolute atomic E-state index is 13.9. The Kier molecular flexibility index (Phi) is 5.28. The van der Waals surface area contributed by atoms with Crippen LogP contribution in [0.25, 0.3) is 11.5 Å². The Morgan fingerprint density at radius 3 is 2.67 bits per heavy atom. The second-order valence-electron chi connectivity index (χ2n) is 5.49. The molecule has 1 N–H and O–H groups in total. The number of nitrogens with one attached hydrogen (secondary N) is 1. The Labute approximate surface area is 152 Å². The lowest BCUT2D eigenvalue weighted by atomic mass is 10.2. The molecular formula is C17H15BrClFN3O+. The number of aromatic nitrogens is 2. The Bertz CT molecular complexity index is 835. The van der Waals surface area contributed by atoms with E-state index in [0.717, 1.165) is 14.9 Å². The number of hydrogen-bond acceptors (Lipinski definition) is 3. The smallest absolute Gasteiger partial charge is 0.271 e. The molecule has 0 aliphatic carbocycles. The topological polar surface area (TPSA) is 43.4 Å². The third-order valence-electron chi connectivity index (χ3n) is 3.56. The second-order valence-corrected chi connectivity index (χ2v) is 6.75. The van der Waals surface area contributed by atoms with Crippen molar-refractivity contribution in [3.63, 3.8) is 0 Å². The lowest BCUT2D eigenvalue weighted by Gasteiger charge is -2.13. The summed E-state index contributed by atoms with van der Waals surface area (Å²) in [6, 6.07) is 12.3. The summed E-state index contributed by atoms with van der Waals surface area (Å²) in [4.78, 5) is 0.990. The zero-order chi connectivity index (χ0) is 17.1. The molecule has 0 radical (unpaired) electrons. The van der Waals surface area contributed by atoms with Gasteiger partial charge in [0.05, 0.1) is 23.2 Å². The largest absolute Gasteiger partial charge is 0.415 e. The van der Waals surface area contributed by atoms with Gasteiger partial charge in [-0.3, -0.25) is 0 Å². The first-order valence-corrected chi connectivity index (χ1v) is 8.53. The molecule has 2 aromatic carbocycles. The van der Waals surface area contributed by atoms with Crippen LogP contribution in [0.5, 0.6) is 0 Å². The fraction of sp³-hybridized carbons (Fsp3) is 0.176. The van der Waals surface area contributed by atoms with E-state index in [-0.39, 0.29) is 5.82 Å². The molecular weight excluding hydrogens is 397 g/mol. The zero-order valence-corrected chi connectivity index (χ0v) is 15.2. The monoisotopic (exact) mass is 410 g/mol. The summed E-state index contributed by atoms with van der Waals surface area (Å²) in [6.07, 6.45) is 0. The van der Waals surface area contributed by atoms with Crippen LogP contribution in [0.1, 0.15) is 11.5 Å². The maximum atomic E-state index is 13.9. The van der Waals surface area contributed by atoms with E-state index in [9.17, 15) is 4.39 Å². The van der Waals surface area contributed by atoms with Crippen LogP contribution in [-0.4, -0.2) is 17.2 Å². The van der Waals surface area contributed by atoms with Crippen molar-refractivity contribution in [2.75, 3.05) is 7.05 Å². The molecule has 0 bridgehead atoms. The van der Waals surface area contributed by atoms with Crippen LogP contribution in [0.4, 0.5) is 4.39 Å². The lowest BCUT2D eigenvalue weighted by Crippen LogP contribution is -3.06. The van der Waals surface area contributed by atoms with Crippen molar-refractivity contribution in [2.45, 2.75) is 13.1 Å². The fourth-order valence-electron chi connectivity index (χ4n) is 2.39. The standard InChI is InChI=1S/C17H14BrClFN3O/c1-23(9-12-14(19)7-4-8-15(12)20)10-16-21-22-17(24-16)11-5-2-3-6-13(11)18/h2-8H,9-10H2,1H3/p+1. The van der Waals surface area contributed by atoms with E-state index in [1.807, 2.05) is 31.3 Å². The highest BCUT2D eigenvalue weighted by Crippen LogP contribution is 2.26. The molecule has 0 fully saturated rings. The van der Waals surface area contributed by atoms with Crippen LogP contribution in [-0.2, 0) is 13.1 Å². The molecule has 4 nitrogen and oxygen atoms in total. The summed E-state index contributed by atoms with van der Waals surface area (Å²) in [5, 5.41) is 8.58. The van der Waals surface area contributed by atoms with Crippen molar-refractivity contribution in [3.8, 4) is 11.5 Å². The van der Waals surface area contributed by atoms with Crippen LogP contribution < -0.4 is 4.90 Å². The van der Waals surface area contributed by atoms with Gasteiger partial charge in [-0.25, -0.2) is 4.39 Å². The van der Waals surface area contributed by atoms with Crippen molar-refractivity contribution in [3.05, 3.63) is 69.2 Å². The summed E-state index contributed by atoms with van der Waals surface area (Å²) < 4.78 is 20.5. The average Bonchev–Trinajstić information content (AvgIpc) is 3.00. The predicted molar refractivity (Wildman–Crippen MR) is 93.1 cm³/mol. The predicted octanol–water partition coefficient (Wildman–Crippen LogP) is 3.51. The van der Waals surface area contributed by atoms with E-state index >= 15 is 0 Å². The van der Waals surface area contributed by atoms with E-state index < -0.39 is 0 Å². The third-order valence-corrected chi connectivity index (χ3v) is 4.61. The molecule has 3 aromatic rings. The molecule has 0 aliphatic heterocycles. The molecule has 0 amide bonds. The number of rotatable bonds is 5. The van der Waals surface area contributed by atoms with Crippen LogP contribution >= 0.6 is 27.5 Å². The molecule has 0 spiro atoms. The van der Waals surface area contributed by atoms with Crippen molar-refractivity contribution in [1.82, 2.24) is 10.2 Å². The number of benzene rings is 2. The summed E-state index contributed by atoms with van der Waals surface area (Å²) in [7, 11) is 1.92. The van der Waals surface area contributed by atoms with Crippen molar-refractivity contribution >= 4 is 27.5 Å². The Hall–Kier alpha value is -1.76. The molecule has 0 saturated heterocycles. The number of halogens is 3. The number of hydrogen-bond donors (Lipinski definition) is 1. The Balaban J connectivity index is 1.72. The SMILES string of the molecule is C[NH+](Cc1nnc(-c2ccccc2Br)o1)Cc1c(F)cccc1Cl. The van der Waals surface area contributed by atoms with Crippen LogP contribution in [0.15, 0.2) is 51.4 Å². The van der Waals surface area contributed by atoms with Crippen molar-refractivity contribution < 1.29 is 13.7 Å². The van der Waals surface area contributed by atoms with Gasteiger partial charge in [0.25, 0.3) is 5.89 Å². The number of quaternary nitrogens is 1. The van der Waals surface area contributed by atoms with E-state index in [1.54, 1.807) is 12.1 Å². The van der Waals surface area contributed by atoms with E-state index in [1.165, 1.54) is 6.07 Å². The Morgan fingerprint density at radius 2 is 1.92 bits per heavy atom. The first kappa shape index (κ1) is 17.1. The molecule has 1 aromatic heterocycles. The quantitative estimate of drug-likeness (QED) is 0.699. The van der Waals surface area contributed by atoms with Gasteiger partial charge in [0.1, 0.15) is 12.4 Å². The normalized spacial score (nSPS) is 12.3. The average molecular weight is 412 g/mol. The van der Waals surface area contributed by atoms with Gasteiger partial charge < -0.3 is 9.32 Å². The van der Waals surface area contributed by atoms with Crippen LogP contribution in [0.2, 0.25) is 5.02 Å². The maximum Gasteiger partial charge on any atom is 0.271 e. The van der Waals surface area contributed by atoms with Crippen molar-refractivity contribution in [1.29, 1.82) is 0 Å². The second kappa shape index (κ2) is 7.42. The lowest BCUT2D eigenvalue weighted by molar-refractivity contribution is -0.909. The minimum atomic E-state index is -0.304. The summed E-state index contributed by atoms with van der Waals surface area (Å²) in [5.41, 5.74) is 1.33. The Morgan fingerprint density at radius 1 is 1.12 bits per heavy atom. The van der Waals surface area contributed by atoms with Crippen LogP contribution in [0.3, 0.4) is 0 Å². The summed E-state index contributed by atoms with van der Waals surface area (Å²) in [6.45, 7) is 0.903. The molecule has 3 rings (SSSR count). The number of nitrogens with zero attached hydrogens (tertiary/aromatic N) is 2. The molecule has 7 heteroatoms. The molecule has 1 unspecified atom stereocenters. The molecule has 24 heavy (non-hydrogen) atoms. The van der Waals surface area contributed by atoms with Gasteiger partial charge in [0.2, 0.25) is 5.89 Å². The van der Waals surface area contributed by atoms with Crippen molar-refractivity contribution in [2.24, 2.45) is 0 Å². The molecule has 1 heterocycles. The minimum Gasteiger partial charge on any atom is -0.415 e. The van der Waals surface area contributed by atoms with E-state index in [0.29, 0.717) is 35.5 Å². The van der Waals surface area contributed by atoms with E-state index in [4.69, 9.17) is 16.0 Å². The summed E-state index contributed by atoms with van der Waals surface area (Å²) in [5.74, 6) is 0.640. The van der Waals surface area contributed by atoms with E-state index in [2.05, 4.69) is 26.1 Å². The minimum absolute atomic E-state index is 0.304. The molecule has 0 aliphatic rings. The zero-order valence-electron chi connectivity index (χ0n) is 12.9. The van der Waals surface area contributed by atoms with Gasteiger partial charge in [-0.15, -0.1) is 10.2 Å². The molecule has 124 valence electrons. The molecule has 1 atom stereocenters. The molecule has 0 saturated carbocycles. The highest BCUT2D eigenvalue weighted by molar-refractivity contribution is 9.10. The fourth-order valence-corrected chi connectivity index (χ4v) is 3.08. The van der Waals surface area contributed by atoms with Gasteiger partial charge in [0, 0.05) is 4.47 Å². The highest BCUT2D eigenvalue weighted by Gasteiger charge is 2.17. The first-order valence-electron chi connectivity index (χ1n) is 7.36. The van der Waals surface area contributed by atoms with Gasteiger partial charge in [-0.2, -0.15) is 0 Å². The first-order chi connectivity index (χ1) is 11.5. The van der Waals surface area contributed by atoms with Crippen LogP contribution in [0, 0.1) is 5.82 Å². The van der Waals surface area contributed by atoms with Gasteiger partial charge in [-0.05, 0) is 40.2 Å². The van der Waals surface area contributed by atoms with Gasteiger partial charge in [0.15, 0.2) is 6.54 Å². The summed E-state index contributed by atoms with van der Waals surface area (Å²) >= 11 is 9.53. The van der Waals surface area contributed by atoms with Gasteiger partial charge >= 0.3 is 0 Å². The third kappa shape index (κ3) is 3.83.